The maximum absolute atomic E-state index is 12.3. The molecule has 1 saturated heterocycles. The largest absolute Gasteiger partial charge is 0.491 e. The molecule has 1 amide bonds. The number of nitrogens with one attached hydrogen (secondary N) is 1. The van der Waals surface area contributed by atoms with Crippen LogP contribution in [0.15, 0.2) is 24.3 Å². The van der Waals surface area contributed by atoms with E-state index in [9.17, 15) is 9.59 Å². The molecule has 0 bridgehead atoms. The summed E-state index contributed by atoms with van der Waals surface area (Å²) in [5.41, 5.74) is 0.670. The number of carbonyl (C=O) groups is 2. The molecule has 0 aromatic heterocycles. The summed E-state index contributed by atoms with van der Waals surface area (Å²) in [6.07, 6.45) is 3.84. The predicted molar refractivity (Wildman–Crippen MR) is 88.0 cm³/mol. The molecule has 130 valence electrons. The Morgan fingerprint density at radius 3 is 2.79 bits per heavy atom. The van der Waals surface area contributed by atoms with Gasteiger partial charge in [-0.2, -0.15) is 0 Å². The lowest BCUT2D eigenvalue weighted by atomic mass is 10.0. The van der Waals surface area contributed by atoms with Crippen molar-refractivity contribution < 1.29 is 24.2 Å². The molecule has 2 fully saturated rings. The van der Waals surface area contributed by atoms with Crippen LogP contribution in [0.1, 0.15) is 32.1 Å². The minimum absolute atomic E-state index is 0.116. The highest BCUT2D eigenvalue weighted by Gasteiger charge is 2.33. The van der Waals surface area contributed by atoms with E-state index in [0.717, 1.165) is 19.4 Å². The summed E-state index contributed by atoms with van der Waals surface area (Å²) in [6.45, 7) is 1.31. The molecule has 3 rings (SSSR count). The Morgan fingerprint density at radius 2 is 2.08 bits per heavy atom. The number of carbonyl (C=O) groups excluding carboxylic acids is 1. The van der Waals surface area contributed by atoms with Gasteiger partial charge in [0.25, 0.3) is 0 Å². The third kappa shape index (κ3) is 4.26. The first-order valence-electron chi connectivity index (χ1n) is 8.50. The maximum atomic E-state index is 12.3. The second kappa shape index (κ2) is 7.66. The number of amides is 1. The number of hydrogen-bond acceptors (Lipinski definition) is 4. The molecule has 0 radical (unpaired) electrons. The molecule has 1 aromatic carbocycles. The van der Waals surface area contributed by atoms with Crippen LogP contribution in [0.25, 0.3) is 0 Å². The van der Waals surface area contributed by atoms with Crippen molar-refractivity contribution in [3.05, 3.63) is 24.3 Å². The van der Waals surface area contributed by atoms with E-state index in [4.69, 9.17) is 14.6 Å². The Bertz CT molecular complexity index is 597. The van der Waals surface area contributed by atoms with Gasteiger partial charge in [-0.1, -0.05) is 6.07 Å². The average molecular weight is 333 g/mol. The van der Waals surface area contributed by atoms with Gasteiger partial charge >= 0.3 is 5.97 Å². The first kappa shape index (κ1) is 16.8. The van der Waals surface area contributed by atoms with Crippen molar-refractivity contribution in [1.82, 2.24) is 0 Å². The Labute approximate surface area is 141 Å². The van der Waals surface area contributed by atoms with Gasteiger partial charge in [0, 0.05) is 24.3 Å². The Morgan fingerprint density at radius 1 is 1.25 bits per heavy atom. The fourth-order valence-corrected chi connectivity index (χ4v) is 3.32. The first-order valence-corrected chi connectivity index (χ1v) is 8.50. The Kier molecular flexibility index (Phi) is 5.35. The Hall–Kier alpha value is -2.08. The van der Waals surface area contributed by atoms with E-state index >= 15 is 0 Å². The minimum atomic E-state index is -0.810. The number of hydrogen-bond donors (Lipinski definition) is 2. The van der Waals surface area contributed by atoms with Gasteiger partial charge in [0.15, 0.2) is 0 Å². The van der Waals surface area contributed by atoms with Gasteiger partial charge in [-0.05, 0) is 44.2 Å². The van der Waals surface area contributed by atoms with Crippen molar-refractivity contribution in [2.45, 2.75) is 38.2 Å². The quantitative estimate of drug-likeness (QED) is 0.836. The van der Waals surface area contributed by atoms with Crippen molar-refractivity contribution in [3.8, 4) is 5.75 Å². The standard InChI is InChI=1S/C18H23NO5/c20-17(12-6-7-13(9-12)18(21)22)19-14-3-1-4-15(10-14)24-11-16-5-2-8-23-16/h1,3-4,10,12-13,16H,2,5-9,11H2,(H,19,20)(H,21,22)/t12-,13+,16?/m0/s1. The highest BCUT2D eigenvalue weighted by molar-refractivity contribution is 5.93. The summed E-state index contributed by atoms with van der Waals surface area (Å²) in [4.78, 5) is 23.3. The summed E-state index contributed by atoms with van der Waals surface area (Å²) in [6, 6.07) is 7.27. The van der Waals surface area contributed by atoms with E-state index in [1.165, 1.54) is 0 Å². The second-order valence-electron chi connectivity index (χ2n) is 6.51. The van der Waals surface area contributed by atoms with Gasteiger partial charge in [0.2, 0.25) is 5.91 Å². The molecule has 2 aliphatic rings. The molecule has 1 unspecified atom stereocenters. The molecule has 1 heterocycles. The molecule has 24 heavy (non-hydrogen) atoms. The van der Waals surface area contributed by atoms with E-state index in [2.05, 4.69) is 5.32 Å². The first-order chi connectivity index (χ1) is 11.6. The summed E-state index contributed by atoms with van der Waals surface area (Å²) in [5.74, 6) is -0.868. The number of anilines is 1. The molecule has 1 saturated carbocycles. The van der Waals surface area contributed by atoms with Crippen LogP contribution in [0, 0.1) is 11.8 Å². The smallest absolute Gasteiger partial charge is 0.306 e. The maximum Gasteiger partial charge on any atom is 0.306 e. The van der Waals surface area contributed by atoms with Gasteiger partial charge in [0.1, 0.15) is 12.4 Å². The fraction of sp³-hybridized carbons (Fsp3) is 0.556. The van der Waals surface area contributed by atoms with E-state index < -0.39 is 11.9 Å². The summed E-state index contributed by atoms with van der Waals surface area (Å²) in [5, 5.41) is 11.9. The average Bonchev–Trinajstić information content (AvgIpc) is 3.25. The zero-order valence-corrected chi connectivity index (χ0v) is 13.6. The molecule has 2 N–H and O–H groups in total. The lowest BCUT2D eigenvalue weighted by molar-refractivity contribution is -0.141. The van der Waals surface area contributed by atoms with Crippen LogP contribution in [0.3, 0.4) is 0 Å². The van der Waals surface area contributed by atoms with Crippen molar-refractivity contribution in [3.63, 3.8) is 0 Å². The number of benzene rings is 1. The van der Waals surface area contributed by atoms with Crippen LogP contribution in [-0.2, 0) is 14.3 Å². The molecule has 0 spiro atoms. The SMILES string of the molecule is O=C(O)[C@@H]1CC[C@H](C(=O)Nc2cccc(OCC3CCCO3)c2)C1. The third-order valence-electron chi connectivity index (χ3n) is 4.71. The number of carboxylic acids is 1. The monoisotopic (exact) mass is 333 g/mol. The molecular formula is C18H23NO5. The third-order valence-corrected chi connectivity index (χ3v) is 4.71. The van der Waals surface area contributed by atoms with Crippen molar-refractivity contribution in [2.75, 3.05) is 18.5 Å². The van der Waals surface area contributed by atoms with Crippen LogP contribution < -0.4 is 10.1 Å². The van der Waals surface area contributed by atoms with Gasteiger partial charge in [-0.3, -0.25) is 9.59 Å². The topological polar surface area (TPSA) is 84.9 Å². The summed E-state index contributed by atoms with van der Waals surface area (Å²) >= 11 is 0. The fourth-order valence-electron chi connectivity index (χ4n) is 3.32. The van der Waals surface area contributed by atoms with Crippen LogP contribution in [0.4, 0.5) is 5.69 Å². The van der Waals surface area contributed by atoms with E-state index in [1.807, 2.05) is 12.1 Å². The van der Waals surface area contributed by atoms with Gasteiger partial charge in [0.05, 0.1) is 12.0 Å². The van der Waals surface area contributed by atoms with E-state index in [0.29, 0.717) is 37.3 Å². The number of aliphatic carboxylic acids is 1. The zero-order valence-electron chi connectivity index (χ0n) is 13.6. The number of rotatable bonds is 6. The van der Waals surface area contributed by atoms with Crippen molar-refractivity contribution in [1.29, 1.82) is 0 Å². The van der Waals surface area contributed by atoms with Crippen LogP contribution in [-0.4, -0.2) is 36.3 Å². The van der Waals surface area contributed by atoms with Gasteiger partial charge in [-0.25, -0.2) is 0 Å². The highest BCUT2D eigenvalue weighted by atomic mass is 16.5. The molecular weight excluding hydrogens is 310 g/mol. The molecule has 6 nitrogen and oxygen atoms in total. The highest BCUT2D eigenvalue weighted by Crippen LogP contribution is 2.32. The summed E-state index contributed by atoms with van der Waals surface area (Å²) < 4.78 is 11.3. The van der Waals surface area contributed by atoms with Crippen molar-refractivity contribution in [2.24, 2.45) is 11.8 Å². The summed E-state index contributed by atoms with van der Waals surface area (Å²) in [7, 11) is 0. The lowest BCUT2D eigenvalue weighted by Gasteiger charge is -2.14. The molecule has 1 aliphatic heterocycles. The van der Waals surface area contributed by atoms with Crippen molar-refractivity contribution >= 4 is 17.6 Å². The number of ether oxygens (including phenoxy) is 2. The second-order valence-corrected chi connectivity index (χ2v) is 6.51. The van der Waals surface area contributed by atoms with Crippen LogP contribution >= 0.6 is 0 Å². The molecule has 1 aliphatic carbocycles. The normalized spacial score (nSPS) is 26.2. The Balaban J connectivity index is 1.52. The zero-order chi connectivity index (χ0) is 16.9. The van der Waals surface area contributed by atoms with Gasteiger partial charge in [-0.15, -0.1) is 0 Å². The molecule has 3 atom stereocenters. The van der Waals surface area contributed by atoms with E-state index in [1.54, 1.807) is 12.1 Å². The lowest BCUT2D eigenvalue weighted by Crippen LogP contribution is -2.21. The number of carboxylic acid groups (broad SMARTS) is 1. The van der Waals surface area contributed by atoms with E-state index in [-0.39, 0.29) is 17.9 Å². The predicted octanol–water partition coefficient (Wildman–Crippen LogP) is 2.68. The molecule has 6 heteroatoms. The minimum Gasteiger partial charge on any atom is -0.491 e. The van der Waals surface area contributed by atoms with Gasteiger partial charge < -0.3 is 19.9 Å². The van der Waals surface area contributed by atoms with Crippen LogP contribution in [0.5, 0.6) is 5.75 Å². The molecule has 1 aromatic rings. The van der Waals surface area contributed by atoms with Crippen LogP contribution in [0.2, 0.25) is 0 Å².